The molecule has 1 atom stereocenters. The Labute approximate surface area is 159 Å². The van der Waals surface area contributed by atoms with Crippen LogP contribution in [0.5, 0.6) is 0 Å². The largest absolute Gasteiger partial charge is 0.356 e. The number of amides is 1. The molecule has 1 aliphatic heterocycles. The van der Waals surface area contributed by atoms with Gasteiger partial charge in [-0.2, -0.15) is 0 Å². The number of hydrogen-bond acceptors (Lipinski definition) is 2. The summed E-state index contributed by atoms with van der Waals surface area (Å²) in [5, 5.41) is 3.30. The van der Waals surface area contributed by atoms with Crippen LogP contribution in [0.1, 0.15) is 31.7 Å². The summed E-state index contributed by atoms with van der Waals surface area (Å²) in [4.78, 5) is 20.7. The lowest BCUT2D eigenvalue weighted by atomic mass is 10.00. The van der Waals surface area contributed by atoms with Crippen molar-refractivity contribution in [2.45, 2.75) is 32.7 Å². The minimum absolute atomic E-state index is 0.239. The molecule has 2 rings (SSSR count). The van der Waals surface area contributed by atoms with Crippen LogP contribution in [-0.2, 0) is 11.3 Å². The van der Waals surface area contributed by atoms with Crippen LogP contribution in [0.3, 0.4) is 0 Å². The van der Waals surface area contributed by atoms with E-state index >= 15 is 0 Å². The van der Waals surface area contributed by atoms with E-state index in [1.54, 1.807) is 7.05 Å². The Morgan fingerprint density at radius 3 is 2.88 bits per heavy atom. The summed E-state index contributed by atoms with van der Waals surface area (Å²) in [6.07, 6.45) is 2.86. The second-order valence-corrected chi connectivity index (χ2v) is 7.61. The third kappa shape index (κ3) is 6.03. The molecule has 0 spiro atoms. The second-order valence-electron chi connectivity index (χ2n) is 6.76. The number of likely N-dealkylation sites (tertiary alicyclic amines) is 1. The highest BCUT2D eigenvalue weighted by atomic mass is 79.9. The topological polar surface area (TPSA) is 47.9 Å². The number of aliphatic imine (C=N–C) groups is 1. The molecule has 5 nitrogen and oxygen atoms in total. The van der Waals surface area contributed by atoms with Gasteiger partial charge in [0.2, 0.25) is 5.91 Å². The summed E-state index contributed by atoms with van der Waals surface area (Å²) in [6, 6.07) is 8.17. The zero-order chi connectivity index (χ0) is 18.2. The molecule has 25 heavy (non-hydrogen) atoms. The predicted octanol–water partition coefficient (Wildman–Crippen LogP) is 3.10. The molecule has 1 unspecified atom stereocenters. The van der Waals surface area contributed by atoms with Crippen molar-refractivity contribution in [1.29, 1.82) is 0 Å². The summed E-state index contributed by atoms with van der Waals surface area (Å²) in [5.74, 6) is 1.66. The molecule has 1 heterocycles. The number of nitrogens with zero attached hydrogens (tertiary/aromatic N) is 3. The first-order valence-corrected chi connectivity index (χ1v) is 9.73. The van der Waals surface area contributed by atoms with Crippen LogP contribution in [-0.4, -0.2) is 55.4 Å². The fourth-order valence-electron chi connectivity index (χ4n) is 3.20. The van der Waals surface area contributed by atoms with Gasteiger partial charge in [-0.15, -0.1) is 0 Å². The van der Waals surface area contributed by atoms with Crippen molar-refractivity contribution < 1.29 is 4.79 Å². The van der Waals surface area contributed by atoms with Gasteiger partial charge in [-0.3, -0.25) is 9.79 Å². The number of carbonyl (C=O) groups excluding carboxylic acids is 1. The van der Waals surface area contributed by atoms with Crippen LogP contribution in [0, 0.1) is 5.92 Å². The first-order chi connectivity index (χ1) is 12.0. The molecular weight excluding hydrogens is 380 g/mol. The molecule has 138 valence electrons. The highest BCUT2D eigenvalue weighted by Gasteiger charge is 2.20. The first kappa shape index (κ1) is 19.8. The second kappa shape index (κ2) is 9.80. The van der Waals surface area contributed by atoms with Gasteiger partial charge in [-0.05, 0) is 30.4 Å². The highest BCUT2D eigenvalue weighted by Crippen LogP contribution is 2.17. The van der Waals surface area contributed by atoms with Gasteiger partial charge in [0.25, 0.3) is 0 Å². The van der Waals surface area contributed by atoms with Gasteiger partial charge in [0.1, 0.15) is 0 Å². The molecule has 0 radical (unpaired) electrons. The van der Waals surface area contributed by atoms with Gasteiger partial charge < -0.3 is 15.1 Å². The number of benzene rings is 1. The average molecular weight is 409 g/mol. The van der Waals surface area contributed by atoms with Crippen molar-refractivity contribution in [3.63, 3.8) is 0 Å². The van der Waals surface area contributed by atoms with Crippen LogP contribution in [0.2, 0.25) is 0 Å². The maximum absolute atomic E-state index is 12.3. The van der Waals surface area contributed by atoms with E-state index in [-0.39, 0.29) is 5.91 Å². The summed E-state index contributed by atoms with van der Waals surface area (Å²) in [6.45, 7) is 5.38. The smallest absolute Gasteiger partial charge is 0.224 e. The lowest BCUT2D eigenvalue weighted by Crippen LogP contribution is -2.42. The van der Waals surface area contributed by atoms with Crippen molar-refractivity contribution >= 4 is 27.8 Å². The van der Waals surface area contributed by atoms with Gasteiger partial charge in [0.05, 0.1) is 0 Å². The molecule has 0 aliphatic carbocycles. The number of rotatable bonds is 5. The molecule has 1 amide bonds. The van der Waals surface area contributed by atoms with E-state index in [0.717, 1.165) is 36.5 Å². The molecule has 1 fully saturated rings. The van der Waals surface area contributed by atoms with Gasteiger partial charge in [0.15, 0.2) is 5.96 Å². The van der Waals surface area contributed by atoms with Crippen molar-refractivity contribution in [2.75, 3.05) is 33.7 Å². The Hall–Kier alpha value is -1.56. The molecule has 1 aromatic carbocycles. The van der Waals surface area contributed by atoms with E-state index < -0.39 is 0 Å². The first-order valence-electron chi connectivity index (χ1n) is 8.94. The summed E-state index contributed by atoms with van der Waals surface area (Å²) in [7, 11) is 3.77. The monoisotopic (exact) mass is 408 g/mol. The van der Waals surface area contributed by atoms with Crippen LogP contribution in [0.25, 0.3) is 0 Å². The van der Waals surface area contributed by atoms with Crippen LogP contribution in [0.4, 0.5) is 0 Å². The minimum Gasteiger partial charge on any atom is -0.356 e. The van der Waals surface area contributed by atoms with Crippen molar-refractivity contribution in [3.05, 3.63) is 34.3 Å². The average Bonchev–Trinajstić information content (AvgIpc) is 2.60. The molecular formula is C19H29BrN4O. The Morgan fingerprint density at radius 2 is 2.20 bits per heavy atom. The van der Waals surface area contributed by atoms with Crippen molar-refractivity contribution in [3.8, 4) is 0 Å². The molecule has 0 saturated carbocycles. The lowest BCUT2D eigenvalue weighted by Gasteiger charge is -2.31. The Bertz CT molecular complexity index is 605. The number of piperidine rings is 1. The van der Waals surface area contributed by atoms with Crippen LogP contribution >= 0.6 is 15.9 Å². The number of halogens is 1. The Balaban J connectivity index is 1.79. The zero-order valence-electron chi connectivity index (χ0n) is 15.5. The standard InChI is InChI=1S/C19H29BrN4O/c1-15-7-6-12-24(13-15)18(25)10-11-22-19(21-2)23(3)14-16-8-4-5-9-17(16)20/h4-5,8-9,15H,6-7,10-14H2,1-3H3,(H,21,22). The Kier molecular flexibility index (Phi) is 7.75. The van der Waals surface area contributed by atoms with Crippen LogP contribution in [0.15, 0.2) is 33.7 Å². The zero-order valence-corrected chi connectivity index (χ0v) is 17.1. The van der Waals surface area contributed by atoms with Gasteiger partial charge in [0, 0.05) is 51.2 Å². The fourth-order valence-corrected chi connectivity index (χ4v) is 3.61. The van der Waals surface area contributed by atoms with Gasteiger partial charge in [-0.1, -0.05) is 41.1 Å². The normalized spacial score (nSPS) is 18.2. The van der Waals surface area contributed by atoms with E-state index in [9.17, 15) is 4.79 Å². The molecule has 1 saturated heterocycles. The third-order valence-electron chi connectivity index (χ3n) is 4.57. The maximum atomic E-state index is 12.3. The number of nitrogens with one attached hydrogen (secondary N) is 1. The van der Waals surface area contributed by atoms with Gasteiger partial charge in [-0.25, -0.2) is 0 Å². The predicted molar refractivity (Wildman–Crippen MR) is 107 cm³/mol. The van der Waals surface area contributed by atoms with Gasteiger partial charge >= 0.3 is 0 Å². The summed E-state index contributed by atoms with van der Waals surface area (Å²) in [5.41, 5.74) is 1.20. The quantitative estimate of drug-likeness (QED) is 0.601. The van der Waals surface area contributed by atoms with E-state index in [1.165, 1.54) is 12.0 Å². The Morgan fingerprint density at radius 1 is 1.44 bits per heavy atom. The molecule has 0 bridgehead atoms. The molecule has 1 aromatic rings. The third-order valence-corrected chi connectivity index (χ3v) is 5.34. The van der Waals surface area contributed by atoms with Crippen molar-refractivity contribution in [2.24, 2.45) is 10.9 Å². The minimum atomic E-state index is 0.239. The van der Waals surface area contributed by atoms with E-state index in [4.69, 9.17) is 0 Å². The van der Waals surface area contributed by atoms with Crippen molar-refractivity contribution in [1.82, 2.24) is 15.1 Å². The number of hydrogen-bond donors (Lipinski definition) is 1. The molecule has 1 N–H and O–H groups in total. The molecule has 6 heteroatoms. The lowest BCUT2D eigenvalue weighted by molar-refractivity contribution is -0.132. The SMILES string of the molecule is CN=C(NCCC(=O)N1CCCC(C)C1)N(C)Cc1ccccc1Br. The van der Waals surface area contributed by atoms with E-state index in [2.05, 4.69) is 44.1 Å². The molecule has 1 aliphatic rings. The van der Waals surface area contributed by atoms with E-state index in [0.29, 0.717) is 18.9 Å². The number of carbonyl (C=O) groups is 1. The van der Waals surface area contributed by atoms with Crippen LogP contribution < -0.4 is 5.32 Å². The summed E-state index contributed by atoms with van der Waals surface area (Å²) >= 11 is 3.58. The highest BCUT2D eigenvalue weighted by molar-refractivity contribution is 9.10. The summed E-state index contributed by atoms with van der Waals surface area (Å²) < 4.78 is 1.09. The fraction of sp³-hybridized carbons (Fsp3) is 0.579. The van der Waals surface area contributed by atoms with E-state index in [1.807, 2.05) is 30.1 Å². The molecule has 0 aromatic heterocycles. The maximum Gasteiger partial charge on any atom is 0.224 e. The number of guanidine groups is 1.